The molecule has 0 aliphatic rings. The number of aromatic nitrogens is 2. The summed E-state index contributed by atoms with van der Waals surface area (Å²) in [6.07, 6.45) is 0.849. The predicted molar refractivity (Wildman–Crippen MR) is 74.9 cm³/mol. The molecule has 94 valence electrons. The Morgan fingerprint density at radius 2 is 1.89 bits per heavy atom. The van der Waals surface area contributed by atoms with Crippen LogP contribution in [0.3, 0.4) is 0 Å². The Bertz CT molecular complexity index is 523. The fraction of sp³-hybridized carbons (Fsp3) is 0.286. The first-order valence-electron chi connectivity index (χ1n) is 6.00. The van der Waals surface area contributed by atoms with E-state index in [0.29, 0.717) is 5.28 Å². The summed E-state index contributed by atoms with van der Waals surface area (Å²) in [5, 5.41) is 3.55. The van der Waals surface area contributed by atoms with Gasteiger partial charge in [-0.25, -0.2) is 9.97 Å². The van der Waals surface area contributed by atoms with Gasteiger partial charge in [-0.05, 0) is 30.5 Å². The Balaban J connectivity index is 2.05. The Labute approximate surface area is 112 Å². The average Bonchev–Trinajstić information content (AvgIpc) is 2.37. The molecule has 3 nitrogen and oxygen atoms in total. The molecule has 0 bridgehead atoms. The molecule has 0 aliphatic carbocycles. The fourth-order valence-corrected chi connectivity index (χ4v) is 1.84. The second-order valence-corrected chi connectivity index (χ2v) is 4.54. The third-order valence-corrected chi connectivity index (χ3v) is 2.88. The summed E-state index contributed by atoms with van der Waals surface area (Å²) in [5.41, 5.74) is 3.42. The van der Waals surface area contributed by atoms with Gasteiger partial charge in [0, 0.05) is 18.3 Å². The summed E-state index contributed by atoms with van der Waals surface area (Å²) in [4.78, 5) is 8.29. The van der Waals surface area contributed by atoms with Gasteiger partial charge in [-0.1, -0.05) is 36.8 Å². The largest absolute Gasteiger partial charge is 0.366 e. The van der Waals surface area contributed by atoms with Gasteiger partial charge in [0.05, 0.1) is 0 Å². The highest BCUT2D eigenvalue weighted by Crippen LogP contribution is 2.12. The number of hydrogen-bond donors (Lipinski definition) is 1. The van der Waals surface area contributed by atoms with E-state index in [1.165, 1.54) is 11.1 Å². The van der Waals surface area contributed by atoms with Crippen LogP contribution in [0, 0.1) is 6.92 Å². The van der Waals surface area contributed by atoms with Crippen molar-refractivity contribution >= 4 is 17.4 Å². The van der Waals surface area contributed by atoms with E-state index in [2.05, 4.69) is 46.5 Å². The van der Waals surface area contributed by atoms with E-state index in [0.717, 1.165) is 24.5 Å². The van der Waals surface area contributed by atoms with Crippen LogP contribution >= 0.6 is 11.6 Å². The van der Waals surface area contributed by atoms with E-state index in [4.69, 9.17) is 11.6 Å². The zero-order valence-corrected chi connectivity index (χ0v) is 11.3. The topological polar surface area (TPSA) is 37.8 Å². The van der Waals surface area contributed by atoms with Crippen LogP contribution in [0.5, 0.6) is 0 Å². The van der Waals surface area contributed by atoms with Crippen LogP contribution in [0.4, 0.5) is 5.82 Å². The molecule has 0 saturated carbocycles. The van der Waals surface area contributed by atoms with E-state index < -0.39 is 0 Å². The van der Waals surface area contributed by atoms with Crippen LogP contribution in [0.2, 0.25) is 5.28 Å². The summed E-state index contributed by atoms with van der Waals surface area (Å²) in [7, 11) is 0. The van der Waals surface area contributed by atoms with Crippen LogP contribution in [0.15, 0.2) is 30.3 Å². The SMILES string of the molecule is CCc1cc(NCc2ccc(C)cc2)nc(Cl)n1. The highest BCUT2D eigenvalue weighted by atomic mass is 35.5. The van der Waals surface area contributed by atoms with Crippen molar-refractivity contribution < 1.29 is 0 Å². The van der Waals surface area contributed by atoms with Crippen molar-refractivity contribution in [1.82, 2.24) is 9.97 Å². The fourth-order valence-electron chi connectivity index (χ4n) is 1.64. The molecule has 0 amide bonds. The molecule has 1 N–H and O–H groups in total. The van der Waals surface area contributed by atoms with Gasteiger partial charge in [-0.15, -0.1) is 0 Å². The number of halogens is 1. The van der Waals surface area contributed by atoms with Crippen molar-refractivity contribution in [3.63, 3.8) is 0 Å². The molecule has 0 saturated heterocycles. The second kappa shape index (κ2) is 5.83. The Kier molecular flexibility index (Phi) is 4.15. The Morgan fingerprint density at radius 3 is 2.56 bits per heavy atom. The van der Waals surface area contributed by atoms with E-state index in [1.54, 1.807) is 0 Å². The van der Waals surface area contributed by atoms with Crippen molar-refractivity contribution in [1.29, 1.82) is 0 Å². The zero-order chi connectivity index (χ0) is 13.0. The smallest absolute Gasteiger partial charge is 0.224 e. The zero-order valence-electron chi connectivity index (χ0n) is 10.6. The van der Waals surface area contributed by atoms with Crippen molar-refractivity contribution in [3.8, 4) is 0 Å². The molecule has 2 aromatic rings. The lowest BCUT2D eigenvalue weighted by atomic mass is 10.1. The Morgan fingerprint density at radius 1 is 1.17 bits per heavy atom. The normalized spacial score (nSPS) is 10.4. The maximum Gasteiger partial charge on any atom is 0.224 e. The summed E-state index contributed by atoms with van der Waals surface area (Å²) >= 11 is 5.87. The average molecular weight is 262 g/mol. The van der Waals surface area contributed by atoms with E-state index in [1.807, 2.05) is 13.0 Å². The number of benzene rings is 1. The van der Waals surface area contributed by atoms with Gasteiger partial charge in [0.1, 0.15) is 5.82 Å². The Hall–Kier alpha value is -1.61. The highest BCUT2D eigenvalue weighted by Gasteiger charge is 2.01. The van der Waals surface area contributed by atoms with E-state index >= 15 is 0 Å². The first kappa shape index (κ1) is 12.8. The van der Waals surface area contributed by atoms with Gasteiger partial charge in [-0.2, -0.15) is 0 Å². The van der Waals surface area contributed by atoms with Crippen LogP contribution in [0.25, 0.3) is 0 Å². The van der Waals surface area contributed by atoms with Gasteiger partial charge in [-0.3, -0.25) is 0 Å². The maximum atomic E-state index is 5.87. The summed E-state index contributed by atoms with van der Waals surface area (Å²) in [5.74, 6) is 0.771. The lowest BCUT2D eigenvalue weighted by Crippen LogP contribution is -2.03. The number of anilines is 1. The van der Waals surface area contributed by atoms with Crippen molar-refractivity contribution in [2.24, 2.45) is 0 Å². The van der Waals surface area contributed by atoms with Crippen LogP contribution in [-0.2, 0) is 13.0 Å². The molecule has 0 aliphatic heterocycles. The number of nitrogens with one attached hydrogen (secondary N) is 1. The monoisotopic (exact) mass is 261 g/mol. The maximum absolute atomic E-state index is 5.87. The lowest BCUT2D eigenvalue weighted by Gasteiger charge is -2.07. The van der Waals surface area contributed by atoms with Crippen molar-refractivity contribution in [3.05, 3.63) is 52.4 Å². The molecule has 4 heteroatoms. The van der Waals surface area contributed by atoms with Crippen LogP contribution < -0.4 is 5.32 Å². The molecular formula is C14H16ClN3. The standard InChI is InChI=1S/C14H16ClN3/c1-3-12-8-13(18-14(15)17-12)16-9-11-6-4-10(2)5-7-11/h4-8H,3,9H2,1-2H3,(H,16,17,18). The molecule has 0 radical (unpaired) electrons. The minimum atomic E-state index is 0.292. The number of nitrogens with zero attached hydrogens (tertiary/aromatic N) is 2. The van der Waals surface area contributed by atoms with Gasteiger partial charge in [0.15, 0.2) is 0 Å². The third-order valence-electron chi connectivity index (χ3n) is 2.71. The third kappa shape index (κ3) is 3.44. The molecule has 1 heterocycles. The van der Waals surface area contributed by atoms with Gasteiger partial charge >= 0.3 is 0 Å². The van der Waals surface area contributed by atoms with Crippen LogP contribution in [0.1, 0.15) is 23.7 Å². The van der Waals surface area contributed by atoms with Gasteiger partial charge in [0.2, 0.25) is 5.28 Å². The quantitative estimate of drug-likeness (QED) is 0.855. The summed E-state index contributed by atoms with van der Waals surface area (Å²) in [6.45, 7) is 4.86. The number of aryl methyl sites for hydroxylation is 2. The molecule has 0 spiro atoms. The first-order chi connectivity index (χ1) is 8.67. The molecule has 0 fully saturated rings. The van der Waals surface area contributed by atoms with E-state index in [9.17, 15) is 0 Å². The highest BCUT2D eigenvalue weighted by molar-refractivity contribution is 6.28. The van der Waals surface area contributed by atoms with Crippen molar-refractivity contribution in [2.45, 2.75) is 26.8 Å². The van der Waals surface area contributed by atoms with Crippen molar-refractivity contribution in [2.75, 3.05) is 5.32 Å². The minimum Gasteiger partial charge on any atom is -0.366 e. The molecule has 1 aromatic carbocycles. The first-order valence-corrected chi connectivity index (χ1v) is 6.38. The molecule has 1 aromatic heterocycles. The molecule has 18 heavy (non-hydrogen) atoms. The molecule has 2 rings (SSSR count). The van der Waals surface area contributed by atoms with Gasteiger partial charge < -0.3 is 5.32 Å². The lowest BCUT2D eigenvalue weighted by molar-refractivity contribution is 0.987. The molecular weight excluding hydrogens is 246 g/mol. The second-order valence-electron chi connectivity index (χ2n) is 4.21. The molecule has 0 unspecified atom stereocenters. The number of hydrogen-bond acceptors (Lipinski definition) is 3. The minimum absolute atomic E-state index is 0.292. The molecule has 0 atom stereocenters. The van der Waals surface area contributed by atoms with E-state index in [-0.39, 0.29) is 0 Å². The van der Waals surface area contributed by atoms with Crippen LogP contribution in [-0.4, -0.2) is 9.97 Å². The summed E-state index contributed by atoms with van der Waals surface area (Å²) < 4.78 is 0. The number of rotatable bonds is 4. The summed E-state index contributed by atoms with van der Waals surface area (Å²) in [6, 6.07) is 10.3. The van der Waals surface area contributed by atoms with Gasteiger partial charge in [0.25, 0.3) is 0 Å². The predicted octanol–water partition coefficient (Wildman–Crippen LogP) is 3.61.